The molecule has 1 heterocycles. The number of halogens is 1. The molecule has 114 valence electrons. The number of thiophene rings is 1. The maximum absolute atomic E-state index is 12.8. The Morgan fingerprint density at radius 1 is 1.33 bits per heavy atom. The summed E-state index contributed by atoms with van der Waals surface area (Å²) in [5.41, 5.74) is 6.21. The van der Waals surface area contributed by atoms with Crippen LogP contribution in [0.15, 0.2) is 45.1 Å². The summed E-state index contributed by atoms with van der Waals surface area (Å²) in [6, 6.07) is 8.44. The minimum atomic E-state index is -3.58. The number of sulfonamides is 1. The average molecular weight is 389 g/mol. The van der Waals surface area contributed by atoms with Crippen LogP contribution in [0.25, 0.3) is 0 Å². The van der Waals surface area contributed by atoms with E-state index in [0.717, 1.165) is 4.88 Å². The zero-order valence-corrected chi connectivity index (χ0v) is 15.0. The van der Waals surface area contributed by atoms with Gasteiger partial charge in [0.15, 0.2) is 0 Å². The SMILES string of the molecule is CC(C)N(Cc1cccs1)S(=O)(=O)c1ccc(Br)c(N)c1. The fourth-order valence-electron chi connectivity index (χ4n) is 1.92. The highest BCUT2D eigenvalue weighted by atomic mass is 79.9. The smallest absolute Gasteiger partial charge is 0.243 e. The average Bonchev–Trinajstić information content (AvgIpc) is 2.91. The Hall–Kier alpha value is -0.890. The summed E-state index contributed by atoms with van der Waals surface area (Å²) in [5, 5.41) is 1.94. The topological polar surface area (TPSA) is 63.4 Å². The zero-order chi connectivity index (χ0) is 15.6. The molecule has 7 heteroatoms. The Morgan fingerprint density at radius 2 is 2.05 bits per heavy atom. The predicted molar refractivity (Wildman–Crippen MR) is 90.7 cm³/mol. The van der Waals surface area contributed by atoms with Crippen molar-refractivity contribution in [3.8, 4) is 0 Å². The third-order valence-corrected chi connectivity index (χ3v) is 6.64. The van der Waals surface area contributed by atoms with Crippen LogP contribution in [0.5, 0.6) is 0 Å². The molecule has 0 amide bonds. The maximum Gasteiger partial charge on any atom is 0.243 e. The van der Waals surface area contributed by atoms with Gasteiger partial charge in [-0.2, -0.15) is 4.31 Å². The van der Waals surface area contributed by atoms with E-state index >= 15 is 0 Å². The first-order valence-corrected chi connectivity index (χ1v) is 9.53. The summed E-state index contributed by atoms with van der Waals surface area (Å²) < 4.78 is 27.8. The second-order valence-corrected chi connectivity index (χ2v) is 8.68. The Labute approximate surface area is 137 Å². The summed E-state index contributed by atoms with van der Waals surface area (Å²) >= 11 is 4.83. The van der Waals surface area contributed by atoms with Crippen molar-refractivity contribution in [2.24, 2.45) is 0 Å². The molecule has 1 aromatic carbocycles. The normalized spacial score (nSPS) is 12.2. The molecule has 1 aromatic heterocycles. The van der Waals surface area contributed by atoms with Crippen molar-refractivity contribution >= 4 is 43.0 Å². The summed E-state index contributed by atoms with van der Waals surface area (Å²) in [7, 11) is -3.58. The third kappa shape index (κ3) is 3.66. The van der Waals surface area contributed by atoms with Gasteiger partial charge in [0.2, 0.25) is 10.0 Å². The van der Waals surface area contributed by atoms with Crippen LogP contribution in [-0.4, -0.2) is 18.8 Å². The van der Waals surface area contributed by atoms with Crippen molar-refractivity contribution in [2.75, 3.05) is 5.73 Å². The van der Waals surface area contributed by atoms with Crippen molar-refractivity contribution in [1.29, 1.82) is 0 Å². The second-order valence-electron chi connectivity index (χ2n) is 4.91. The van der Waals surface area contributed by atoms with Gasteiger partial charge >= 0.3 is 0 Å². The minimum Gasteiger partial charge on any atom is -0.398 e. The first kappa shape index (κ1) is 16.5. The van der Waals surface area contributed by atoms with E-state index in [2.05, 4.69) is 15.9 Å². The first-order valence-electron chi connectivity index (χ1n) is 6.41. The molecule has 2 rings (SSSR count). The molecule has 0 atom stereocenters. The Balaban J connectivity index is 2.39. The molecule has 0 saturated heterocycles. The van der Waals surface area contributed by atoms with E-state index in [9.17, 15) is 8.42 Å². The van der Waals surface area contributed by atoms with Crippen LogP contribution in [0.4, 0.5) is 5.69 Å². The van der Waals surface area contributed by atoms with Gasteiger partial charge in [0, 0.05) is 27.6 Å². The lowest BCUT2D eigenvalue weighted by Crippen LogP contribution is -2.36. The van der Waals surface area contributed by atoms with Gasteiger partial charge < -0.3 is 5.73 Å². The quantitative estimate of drug-likeness (QED) is 0.794. The van der Waals surface area contributed by atoms with Gasteiger partial charge in [0.1, 0.15) is 0 Å². The van der Waals surface area contributed by atoms with E-state index in [0.29, 0.717) is 16.7 Å². The van der Waals surface area contributed by atoms with Crippen LogP contribution in [0, 0.1) is 0 Å². The van der Waals surface area contributed by atoms with Crippen LogP contribution in [-0.2, 0) is 16.6 Å². The minimum absolute atomic E-state index is 0.137. The summed E-state index contributed by atoms with van der Waals surface area (Å²) in [6.07, 6.45) is 0. The van der Waals surface area contributed by atoms with Crippen LogP contribution in [0.2, 0.25) is 0 Å². The molecule has 2 N–H and O–H groups in total. The monoisotopic (exact) mass is 388 g/mol. The lowest BCUT2D eigenvalue weighted by Gasteiger charge is -2.25. The number of hydrogen-bond donors (Lipinski definition) is 1. The predicted octanol–water partition coefficient (Wildman–Crippen LogP) is 3.69. The molecular formula is C14H17BrN2O2S2. The van der Waals surface area contributed by atoms with Crippen LogP contribution in [0.3, 0.4) is 0 Å². The Bertz CT molecular complexity index is 713. The summed E-state index contributed by atoms with van der Waals surface area (Å²) in [4.78, 5) is 1.23. The number of nitrogens with two attached hydrogens (primary N) is 1. The molecule has 21 heavy (non-hydrogen) atoms. The van der Waals surface area contributed by atoms with Crippen molar-refractivity contribution in [3.05, 3.63) is 45.1 Å². The molecule has 4 nitrogen and oxygen atoms in total. The fourth-order valence-corrected chi connectivity index (χ4v) is 4.60. The Morgan fingerprint density at radius 3 is 2.57 bits per heavy atom. The van der Waals surface area contributed by atoms with Gasteiger partial charge in [-0.25, -0.2) is 8.42 Å². The number of rotatable bonds is 5. The standard InChI is InChI=1S/C14H17BrN2O2S2/c1-10(2)17(9-11-4-3-7-20-11)21(18,19)12-5-6-13(15)14(16)8-12/h3-8,10H,9,16H2,1-2H3. The molecule has 0 spiro atoms. The van der Waals surface area contributed by atoms with Crippen molar-refractivity contribution in [1.82, 2.24) is 4.31 Å². The molecule has 0 fully saturated rings. The third-order valence-electron chi connectivity index (χ3n) is 3.04. The number of hydrogen-bond acceptors (Lipinski definition) is 4. The van der Waals surface area contributed by atoms with Gasteiger partial charge in [0.05, 0.1) is 4.90 Å². The Kier molecular flexibility index (Phi) is 5.08. The lowest BCUT2D eigenvalue weighted by atomic mass is 10.3. The number of anilines is 1. The highest BCUT2D eigenvalue weighted by molar-refractivity contribution is 9.10. The molecule has 2 aromatic rings. The number of benzene rings is 1. The lowest BCUT2D eigenvalue weighted by molar-refractivity contribution is 0.350. The van der Waals surface area contributed by atoms with E-state index in [4.69, 9.17) is 5.73 Å². The van der Waals surface area contributed by atoms with Gasteiger partial charge in [-0.15, -0.1) is 11.3 Å². The van der Waals surface area contributed by atoms with Gasteiger partial charge in [0.25, 0.3) is 0 Å². The zero-order valence-electron chi connectivity index (χ0n) is 11.8. The number of nitrogens with zero attached hydrogens (tertiary/aromatic N) is 1. The largest absolute Gasteiger partial charge is 0.398 e. The second kappa shape index (κ2) is 6.48. The summed E-state index contributed by atoms with van der Waals surface area (Å²) in [5.74, 6) is 0. The highest BCUT2D eigenvalue weighted by Crippen LogP contribution is 2.27. The first-order chi connectivity index (χ1) is 9.82. The van der Waals surface area contributed by atoms with E-state index < -0.39 is 10.0 Å². The molecule has 0 bridgehead atoms. The van der Waals surface area contributed by atoms with Crippen molar-refractivity contribution < 1.29 is 8.42 Å². The van der Waals surface area contributed by atoms with E-state index in [1.807, 2.05) is 31.4 Å². The highest BCUT2D eigenvalue weighted by Gasteiger charge is 2.27. The number of nitrogen functional groups attached to an aromatic ring is 1. The van der Waals surface area contributed by atoms with E-state index in [-0.39, 0.29) is 10.9 Å². The molecular weight excluding hydrogens is 372 g/mol. The molecule has 0 saturated carbocycles. The van der Waals surface area contributed by atoms with Gasteiger partial charge in [-0.05, 0) is 59.4 Å². The summed E-state index contributed by atoms with van der Waals surface area (Å²) in [6.45, 7) is 4.11. The maximum atomic E-state index is 12.8. The van der Waals surface area contributed by atoms with Crippen LogP contribution in [0.1, 0.15) is 18.7 Å². The van der Waals surface area contributed by atoms with E-state index in [1.165, 1.54) is 10.4 Å². The molecule has 0 aliphatic rings. The van der Waals surface area contributed by atoms with Crippen molar-refractivity contribution in [3.63, 3.8) is 0 Å². The van der Waals surface area contributed by atoms with E-state index in [1.54, 1.807) is 23.5 Å². The molecule has 0 radical (unpaired) electrons. The molecule has 0 aliphatic heterocycles. The van der Waals surface area contributed by atoms with Crippen LogP contribution < -0.4 is 5.73 Å². The fraction of sp³-hybridized carbons (Fsp3) is 0.286. The van der Waals surface area contributed by atoms with Crippen LogP contribution >= 0.6 is 27.3 Å². The molecule has 0 unspecified atom stereocenters. The van der Waals surface area contributed by atoms with Gasteiger partial charge in [-0.3, -0.25) is 0 Å². The van der Waals surface area contributed by atoms with Crippen molar-refractivity contribution in [2.45, 2.75) is 31.3 Å². The molecule has 0 aliphatic carbocycles. The van der Waals surface area contributed by atoms with Gasteiger partial charge in [-0.1, -0.05) is 6.07 Å².